The van der Waals surface area contributed by atoms with E-state index in [1.165, 1.54) is 18.4 Å². The molecule has 2 rings (SSSR count). The van der Waals surface area contributed by atoms with Gasteiger partial charge in [0.2, 0.25) is 0 Å². The Morgan fingerprint density at radius 3 is 2.26 bits per heavy atom. The number of rotatable bonds is 4. The molecule has 0 unspecified atom stereocenters. The standard InChI is InChI=1S/C17H27NO/c1-13(2)15-8-10-17(12-19,11-9-15)18-16-6-4-14(3)5-7-16/h4-7,13,15,18-19H,8-12H2,1-3H3. The smallest absolute Gasteiger partial charge is 0.0661 e. The molecule has 0 heterocycles. The Labute approximate surface area is 117 Å². The van der Waals surface area contributed by atoms with E-state index in [4.69, 9.17) is 0 Å². The normalized spacial score (nSPS) is 27.5. The molecule has 0 bridgehead atoms. The summed E-state index contributed by atoms with van der Waals surface area (Å²) in [6, 6.07) is 8.46. The SMILES string of the molecule is Cc1ccc(NC2(CO)CCC(C(C)C)CC2)cc1. The van der Waals surface area contributed by atoms with Crippen LogP contribution in [0.1, 0.15) is 45.1 Å². The minimum absolute atomic E-state index is 0.110. The first-order valence-electron chi connectivity index (χ1n) is 7.50. The molecule has 0 radical (unpaired) electrons. The van der Waals surface area contributed by atoms with E-state index in [-0.39, 0.29) is 12.1 Å². The summed E-state index contributed by atoms with van der Waals surface area (Å²) < 4.78 is 0. The molecule has 0 saturated heterocycles. The van der Waals surface area contributed by atoms with Gasteiger partial charge >= 0.3 is 0 Å². The molecule has 0 atom stereocenters. The fourth-order valence-electron chi connectivity index (χ4n) is 3.13. The number of aliphatic hydroxyl groups excluding tert-OH is 1. The Morgan fingerprint density at radius 2 is 1.79 bits per heavy atom. The molecule has 106 valence electrons. The average Bonchev–Trinajstić information content (AvgIpc) is 2.42. The topological polar surface area (TPSA) is 32.3 Å². The summed E-state index contributed by atoms with van der Waals surface area (Å²) in [5, 5.41) is 13.4. The molecule has 1 aromatic rings. The highest BCUT2D eigenvalue weighted by molar-refractivity contribution is 5.47. The van der Waals surface area contributed by atoms with E-state index in [1.807, 2.05) is 0 Å². The fourth-order valence-corrected chi connectivity index (χ4v) is 3.13. The van der Waals surface area contributed by atoms with E-state index < -0.39 is 0 Å². The van der Waals surface area contributed by atoms with Crippen molar-refractivity contribution in [3.8, 4) is 0 Å². The highest BCUT2D eigenvalue weighted by atomic mass is 16.3. The third-order valence-corrected chi connectivity index (χ3v) is 4.69. The minimum atomic E-state index is -0.110. The number of hydrogen-bond acceptors (Lipinski definition) is 2. The second kappa shape index (κ2) is 5.96. The van der Waals surface area contributed by atoms with Crippen LogP contribution in [0, 0.1) is 18.8 Å². The van der Waals surface area contributed by atoms with Crippen molar-refractivity contribution in [2.24, 2.45) is 11.8 Å². The maximum absolute atomic E-state index is 9.82. The molecule has 1 aliphatic carbocycles. The first-order valence-corrected chi connectivity index (χ1v) is 7.50. The predicted octanol–water partition coefficient (Wildman–Crippen LogP) is 3.98. The molecule has 1 aliphatic rings. The molecular formula is C17H27NO. The van der Waals surface area contributed by atoms with Crippen LogP contribution in [0.4, 0.5) is 5.69 Å². The fraction of sp³-hybridized carbons (Fsp3) is 0.647. The molecule has 0 aromatic heterocycles. The van der Waals surface area contributed by atoms with Crippen molar-refractivity contribution in [1.29, 1.82) is 0 Å². The third kappa shape index (κ3) is 3.50. The summed E-state index contributed by atoms with van der Waals surface area (Å²) in [6.45, 7) is 6.94. The molecule has 0 spiro atoms. The van der Waals surface area contributed by atoms with Crippen molar-refractivity contribution in [2.45, 2.75) is 52.0 Å². The molecule has 2 nitrogen and oxygen atoms in total. The van der Waals surface area contributed by atoms with E-state index in [9.17, 15) is 5.11 Å². The predicted molar refractivity (Wildman–Crippen MR) is 81.4 cm³/mol. The van der Waals surface area contributed by atoms with E-state index in [0.29, 0.717) is 0 Å². The van der Waals surface area contributed by atoms with Crippen LogP contribution in [-0.2, 0) is 0 Å². The van der Waals surface area contributed by atoms with Crippen LogP contribution in [0.3, 0.4) is 0 Å². The molecule has 1 fully saturated rings. The van der Waals surface area contributed by atoms with Crippen molar-refractivity contribution >= 4 is 5.69 Å². The van der Waals surface area contributed by atoms with Crippen molar-refractivity contribution in [2.75, 3.05) is 11.9 Å². The lowest BCUT2D eigenvalue weighted by Crippen LogP contribution is -2.45. The Bertz CT molecular complexity index is 388. The van der Waals surface area contributed by atoms with Gasteiger partial charge < -0.3 is 10.4 Å². The van der Waals surface area contributed by atoms with Crippen LogP contribution in [0.15, 0.2) is 24.3 Å². The second-order valence-corrected chi connectivity index (χ2v) is 6.51. The molecule has 2 heteroatoms. The van der Waals surface area contributed by atoms with Crippen LogP contribution in [0.25, 0.3) is 0 Å². The van der Waals surface area contributed by atoms with Gasteiger partial charge in [0.25, 0.3) is 0 Å². The van der Waals surface area contributed by atoms with Gasteiger partial charge in [0.05, 0.1) is 12.1 Å². The molecule has 19 heavy (non-hydrogen) atoms. The van der Waals surface area contributed by atoms with E-state index in [2.05, 4.69) is 50.4 Å². The quantitative estimate of drug-likeness (QED) is 0.859. The van der Waals surface area contributed by atoms with Gasteiger partial charge in [-0.25, -0.2) is 0 Å². The van der Waals surface area contributed by atoms with Crippen molar-refractivity contribution < 1.29 is 5.11 Å². The van der Waals surface area contributed by atoms with Crippen molar-refractivity contribution in [3.63, 3.8) is 0 Å². The molecule has 0 aliphatic heterocycles. The van der Waals surface area contributed by atoms with Gasteiger partial charge in [0, 0.05) is 5.69 Å². The molecule has 1 aromatic carbocycles. The van der Waals surface area contributed by atoms with Crippen LogP contribution in [-0.4, -0.2) is 17.3 Å². The molecule has 0 amide bonds. The summed E-state index contributed by atoms with van der Waals surface area (Å²) in [6.07, 6.45) is 4.58. The zero-order valence-corrected chi connectivity index (χ0v) is 12.4. The van der Waals surface area contributed by atoms with Gasteiger partial charge in [-0.15, -0.1) is 0 Å². The summed E-state index contributed by atoms with van der Waals surface area (Å²) in [5.74, 6) is 1.58. The molecular weight excluding hydrogens is 234 g/mol. The zero-order valence-electron chi connectivity index (χ0n) is 12.4. The summed E-state index contributed by atoms with van der Waals surface area (Å²) in [5.41, 5.74) is 2.29. The van der Waals surface area contributed by atoms with Gasteiger partial charge in [-0.3, -0.25) is 0 Å². The van der Waals surface area contributed by atoms with Crippen LogP contribution in [0.2, 0.25) is 0 Å². The number of benzene rings is 1. The zero-order chi connectivity index (χ0) is 13.9. The number of hydrogen-bond donors (Lipinski definition) is 2. The number of nitrogens with one attached hydrogen (secondary N) is 1. The summed E-state index contributed by atoms with van der Waals surface area (Å²) in [4.78, 5) is 0. The Hall–Kier alpha value is -1.02. The van der Waals surface area contributed by atoms with Gasteiger partial charge in [-0.2, -0.15) is 0 Å². The highest BCUT2D eigenvalue weighted by Gasteiger charge is 2.35. The number of aliphatic hydroxyl groups is 1. The van der Waals surface area contributed by atoms with Gasteiger partial charge in [0.15, 0.2) is 0 Å². The monoisotopic (exact) mass is 261 g/mol. The van der Waals surface area contributed by atoms with Gasteiger partial charge in [-0.05, 0) is 56.6 Å². The average molecular weight is 261 g/mol. The minimum Gasteiger partial charge on any atom is -0.394 e. The number of anilines is 1. The largest absolute Gasteiger partial charge is 0.394 e. The second-order valence-electron chi connectivity index (χ2n) is 6.51. The maximum Gasteiger partial charge on any atom is 0.0661 e. The first kappa shape index (κ1) is 14.4. The van der Waals surface area contributed by atoms with Crippen molar-refractivity contribution in [3.05, 3.63) is 29.8 Å². The van der Waals surface area contributed by atoms with Gasteiger partial charge in [-0.1, -0.05) is 31.5 Å². The van der Waals surface area contributed by atoms with Crippen LogP contribution >= 0.6 is 0 Å². The summed E-state index contributed by atoms with van der Waals surface area (Å²) >= 11 is 0. The molecule has 2 N–H and O–H groups in total. The molecule has 1 saturated carbocycles. The van der Waals surface area contributed by atoms with Crippen LogP contribution < -0.4 is 5.32 Å². The lowest BCUT2D eigenvalue weighted by atomic mass is 9.73. The highest BCUT2D eigenvalue weighted by Crippen LogP contribution is 2.37. The Kier molecular flexibility index (Phi) is 4.51. The van der Waals surface area contributed by atoms with E-state index >= 15 is 0 Å². The lowest BCUT2D eigenvalue weighted by molar-refractivity contribution is 0.136. The Balaban J connectivity index is 2.02. The van der Waals surface area contributed by atoms with E-state index in [1.54, 1.807) is 0 Å². The van der Waals surface area contributed by atoms with Gasteiger partial charge in [0.1, 0.15) is 0 Å². The maximum atomic E-state index is 9.82. The number of aryl methyl sites for hydroxylation is 1. The lowest BCUT2D eigenvalue weighted by Gasteiger charge is -2.41. The van der Waals surface area contributed by atoms with Crippen molar-refractivity contribution in [1.82, 2.24) is 0 Å². The van der Waals surface area contributed by atoms with E-state index in [0.717, 1.165) is 30.4 Å². The first-order chi connectivity index (χ1) is 9.04. The third-order valence-electron chi connectivity index (χ3n) is 4.69. The van der Waals surface area contributed by atoms with Crippen LogP contribution in [0.5, 0.6) is 0 Å². The summed E-state index contributed by atoms with van der Waals surface area (Å²) in [7, 11) is 0. The Morgan fingerprint density at radius 1 is 1.21 bits per heavy atom.